The van der Waals surface area contributed by atoms with Gasteiger partial charge < -0.3 is 0 Å². The van der Waals surface area contributed by atoms with E-state index >= 15 is 0 Å². The predicted molar refractivity (Wildman–Crippen MR) is 54.2 cm³/mol. The molecule has 1 aliphatic heterocycles. The third-order valence-corrected chi connectivity index (χ3v) is 2.47. The number of para-hydroxylation sites is 1. The summed E-state index contributed by atoms with van der Waals surface area (Å²) in [7, 11) is 0. The standard InChI is InChI=1S/C10H13N3O/c11-13(8-14)12-7-3-5-9-4-1-2-6-10(9)12/h1-2,4,6,8H,3,5,7,11H2. The van der Waals surface area contributed by atoms with Crippen LogP contribution in [-0.4, -0.2) is 18.1 Å². The van der Waals surface area contributed by atoms with Gasteiger partial charge in [-0.25, -0.2) is 5.84 Å². The predicted octanol–water partition coefficient (Wildman–Crippen LogP) is 0.686. The van der Waals surface area contributed by atoms with Crippen molar-refractivity contribution >= 4 is 12.1 Å². The van der Waals surface area contributed by atoms with Gasteiger partial charge >= 0.3 is 0 Å². The molecule has 0 unspecified atom stereocenters. The third kappa shape index (κ3) is 1.44. The van der Waals surface area contributed by atoms with Crippen LogP contribution in [0.15, 0.2) is 24.3 Å². The molecular weight excluding hydrogens is 178 g/mol. The molecule has 74 valence electrons. The molecule has 0 radical (unpaired) electrons. The number of nitrogens with two attached hydrogens (primary N) is 1. The van der Waals surface area contributed by atoms with Gasteiger partial charge in [0.05, 0.1) is 5.69 Å². The Labute approximate surface area is 82.8 Å². The minimum Gasteiger partial charge on any atom is -0.275 e. The highest BCUT2D eigenvalue weighted by Crippen LogP contribution is 2.26. The Morgan fingerprint density at radius 1 is 1.43 bits per heavy atom. The molecular formula is C10H13N3O. The van der Waals surface area contributed by atoms with E-state index in [1.54, 1.807) is 5.01 Å². The molecule has 0 spiro atoms. The summed E-state index contributed by atoms with van der Waals surface area (Å²) >= 11 is 0. The molecule has 0 saturated heterocycles. The van der Waals surface area contributed by atoms with Crippen LogP contribution in [0.25, 0.3) is 0 Å². The van der Waals surface area contributed by atoms with Crippen LogP contribution in [0, 0.1) is 0 Å². The molecule has 0 atom stereocenters. The number of hydrogen-bond acceptors (Lipinski definition) is 3. The lowest BCUT2D eigenvalue weighted by atomic mass is 10.0. The lowest BCUT2D eigenvalue weighted by Gasteiger charge is -2.34. The largest absolute Gasteiger partial charge is 0.275 e. The first-order chi connectivity index (χ1) is 6.83. The Bertz CT molecular complexity index is 340. The van der Waals surface area contributed by atoms with Gasteiger partial charge in [0.2, 0.25) is 6.41 Å². The van der Waals surface area contributed by atoms with E-state index in [-0.39, 0.29) is 0 Å². The van der Waals surface area contributed by atoms with Crippen LogP contribution in [0.3, 0.4) is 0 Å². The first-order valence-electron chi connectivity index (χ1n) is 4.67. The van der Waals surface area contributed by atoms with E-state index in [0.717, 1.165) is 30.2 Å². The summed E-state index contributed by atoms with van der Waals surface area (Å²) in [5, 5.41) is 2.91. The second-order valence-corrected chi connectivity index (χ2v) is 3.34. The van der Waals surface area contributed by atoms with Crippen molar-refractivity contribution in [1.82, 2.24) is 5.12 Å². The van der Waals surface area contributed by atoms with Crippen molar-refractivity contribution in [2.24, 2.45) is 5.84 Å². The van der Waals surface area contributed by atoms with Gasteiger partial charge in [-0.3, -0.25) is 9.80 Å². The van der Waals surface area contributed by atoms with E-state index in [1.807, 2.05) is 18.2 Å². The van der Waals surface area contributed by atoms with E-state index in [0.29, 0.717) is 6.41 Å². The van der Waals surface area contributed by atoms with Gasteiger partial charge in [-0.05, 0) is 24.5 Å². The molecule has 1 aromatic rings. The fourth-order valence-electron chi connectivity index (χ4n) is 1.81. The summed E-state index contributed by atoms with van der Waals surface area (Å²) in [4.78, 5) is 10.6. The fraction of sp³-hybridized carbons (Fsp3) is 0.300. The summed E-state index contributed by atoms with van der Waals surface area (Å²) < 4.78 is 0. The topological polar surface area (TPSA) is 49.6 Å². The van der Waals surface area contributed by atoms with Gasteiger partial charge in [-0.1, -0.05) is 18.2 Å². The van der Waals surface area contributed by atoms with Gasteiger partial charge in [0.15, 0.2) is 0 Å². The van der Waals surface area contributed by atoms with Crippen molar-refractivity contribution < 1.29 is 4.79 Å². The number of hydrazine groups is 2. The smallest absolute Gasteiger partial charge is 0.243 e. The van der Waals surface area contributed by atoms with Gasteiger partial charge in [-0.15, -0.1) is 0 Å². The average Bonchev–Trinajstić information content (AvgIpc) is 2.27. The molecule has 1 heterocycles. The maximum absolute atomic E-state index is 10.6. The molecule has 0 aliphatic carbocycles. The number of amides is 1. The number of nitrogens with zero attached hydrogens (tertiary/aromatic N) is 2. The lowest BCUT2D eigenvalue weighted by molar-refractivity contribution is -0.119. The maximum Gasteiger partial charge on any atom is 0.243 e. The second kappa shape index (κ2) is 3.67. The van der Waals surface area contributed by atoms with E-state index in [4.69, 9.17) is 5.84 Å². The molecule has 4 heteroatoms. The molecule has 4 nitrogen and oxygen atoms in total. The SMILES string of the molecule is NN(C=O)N1CCCc2ccccc21. The summed E-state index contributed by atoms with van der Waals surface area (Å²) in [5.41, 5.74) is 2.28. The molecule has 2 rings (SSSR count). The molecule has 0 saturated carbocycles. The Kier molecular flexibility index (Phi) is 2.37. The summed E-state index contributed by atoms with van der Waals surface area (Å²) in [5.74, 6) is 5.55. The van der Waals surface area contributed by atoms with E-state index in [1.165, 1.54) is 5.56 Å². The van der Waals surface area contributed by atoms with Crippen LogP contribution in [0.1, 0.15) is 12.0 Å². The highest BCUT2D eigenvalue weighted by molar-refractivity contribution is 5.59. The highest BCUT2D eigenvalue weighted by Gasteiger charge is 2.18. The van der Waals surface area contributed by atoms with Crippen molar-refractivity contribution in [2.75, 3.05) is 11.6 Å². The zero-order chi connectivity index (χ0) is 9.97. The number of carbonyl (C=O) groups excluding carboxylic acids is 1. The van der Waals surface area contributed by atoms with Crippen LogP contribution in [0.2, 0.25) is 0 Å². The van der Waals surface area contributed by atoms with Crippen LogP contribution in [0.5, 0.6) is 0 Å². The number of benzene rings is 1. The van der Waals surface area contributed by atoms with Crippen LogP contribution >= 0.6 is 0 Å². The first kappa shape index (κ1) is 9.02. The zero-order valence-corrected chi connectivity index (χ0v) is 7.89. The van der Waals surface area contributed by atoms with Crippen LogP contribution in [-0.2, 0) is 11.2 Å². The molecule has 1 aromatic carbocycles. The summed E-state index contributed by atoms with van der Waals surface area (Å²) in [6.45, 7) is 0.798. The number of fused-ring (bicyclic) bond motifs is 1. The van der Waals surface area contributed by atoms with Gasteiger partial charge in [0.25, 0.3) is 0 Å². The normalized spacial score (nSPS) is 14.8. The fourth-order valence-corrected chi connectivity index (χ4v) is 1.81. The van der Waals surface area contributed by atoms with Gasteiger partial charge in [-0.2, -0.15) is 5.12 Å². The molecule has 0 aromatic heterocycles. The van der Waals surface area contributed by atoms with E-state index in [9.17, 15) is 4.79 Å². The Morgan fingerprint density at radius 2 is 2.21 bits per heavy atom. The Morgan fingerprint density at radius 3 is 3.00 bits per heavy atom. The van der Waals surface area contributed by atoms with Crippen molar-refractivity contribution in [3.05, 3.63) is 29.8 Å². The quantitative estimate of drug-likeness (QED) is 0.324. The van der Waals surface area contributed by atoms with Crippen molar-refractivity contribution in [2.45, 2.75) is 12.8 Å². The van der Waals surface area contributed by atoms with Gasteiger partial charge in [0.1, 0.15) is 0 Å². The molecule has 0 bridgehead atoms. The molecule has 1 aliphatic rings. The summed E-state index contributed by atoms with van der Waals surface area (Å²) in [6, 6.07) is 8.01. The van der Waals surface area contributed by atoms with Crippen molar-refractivity contribution in [1.29, 1.82) is 0 Å². The number of hydrogen-bond donors (Lipinski definition) is 1. The van der Waals surface area contributed by atoms with E-state index in [2.05, 4.69) is 6.07 Å². The Hall–Kier alpha value is -1.55. The monoisotopic (exact) mass is 191 g/mol. The zero-order valence-electron chi connectivity index (χ0n) is 7.89. The highest BCUT2D eigenvalue weighted by atomic mass is 16.2. The third-order valence-electron chi connectivity index (χ3n) is 2.47. The van der Waals surface area contributed by atoms with E-state index < -0.39 is 0 Å². The van der Waals surface area contributed by atoms with Crippen LogP contribution < -0.4 is 10.9 Å². The molecule has 14 heavy (non-hydrogen) atoms. The number of rotatable bonds is 2. The van der Waals surface area contributed by atoms with Gasteiger partial charge in [0, 0.05) is 6.54 Å². The summed E-state index contributed by atoms with van der Waals surface area (Å²) in [6.07, 6.45) is 2.71. The van der Waals surface area contributed by atoms with Crippen molar-refractivity contribution in [3.63, 3.8) is 0 Å². The number of aryl methyl sites for hydroxylation is 1. The number of carbonyl (C=O) groups is 1. The molecule has 2 N–H and O–H groups in total. The minimum atomic E-state index is 0.627. The molecule has 0 fully saturated rings. The number of anilines is 1. The molecule has 1 amide bonds. The average molecular weight is 191 g/mol. The minimum absolute atomic E-state index is 0.627. The van der Waals surface area contributed by atoms with Crippen molar-refractivity contribution in [3.8, 4) is 0 Å². The second-order valence-electron chi connectivity index (χ2n) is 3.34. The lowest BCUT2D eigenvalue weighted by Crippen LogP contribution is -2.49. The maximum atomic E-state index is 10.6. The Balaban J connectivity index is 2.35. The van der Waals surface area contributed by atoms with Crippen LogP contribution in [0.4, 0.5) is 5.69 Å². The first-order valence-corrected chi connectivity index (χ1v) is 4.67.